The summed E-state index contributed by atoms with van der Waals surface area (Å²) in [6.45, 7) is 14.6. The Morgan fingerprint density at radius 1 is 1.07 bits per heavy atom. The molecule has 0 heteroatoms. The van der Waals surface area contributed by atoms with Gasteiger partial charge in [0.2, 0.25) is 0 Å². The third-order valence-electron chi connectivity index (χ3n) is 5.38. The Hall–Kier alpha value is 0. The Morgan fingerprint density at radius 2 is 1.60 bits per heavy atom. The van der Waals surface area contributed by atoms with Gasteiger partial charge in [0, 0.05) is 0 Å². The summed E-state index contributed by atoms with van der Waals surface area (Å²) in [5.74, 6) is 3.71. The minimum Gasteiger partial charge on any atom is -0.0651 e. The van der Waals surface area contributed by atoms with Crippen LogP contribution in [0.5, 0.6) is 0 Å². The second-order valence-corrected chi connectivity index (χ2v) is 6.28. The summed E-state index contributed by atoms with van der Waals surface area (Å²) < 4.78 is 0. The zero-order valence-electron chi connectivity index (χ0n) is 11.6. The van der Waals surface area contributed by atoms with Gasteiger partial charge in [0.05, 0.1) is 0 Å². The fourth-order valence-corrected chi connectivity index (χ4v) is 4.13. The van der Waals surface area contributed by atoms with E-state index in [1.807, 2.05) is 0 Å². The van der Waals surface area contributed by atoms with Gasteiger partial charge in [-0.2, -0.15) is 0 Å². The second kappa shape index (κ2) is 4.89. The summed E-state index contributed by atoms with van der Waals surface area (Å²) in [6.07, 6.45) is 5.66. The summed E-state index contributed by atoms with van der Waals surface area (Å²) in [5.41, 5.74) is 0.615. The van der Waals surface area contributed by atoms with E-state index in [4.69, 9.17) is 0 Å². The normalized spacial score (nSPS) is 38.6. The van der Waals surface area contributed by atoms with Crippen molar-refractivity contribution in [1.29, 1.82) is 0 Å². The van der Waals surface area contributed by atoms with E-state index in [-0.39, 0.29) is 0 Å². The third kappa shape index (κ3) is 2.24. The molecule has 0 aromatic rings. The predicted octanol–water partition coefficient (Wildman–Crippen LogP) is 5.13. The lowest BCUT2D eigenvalue weighted by Crippen LogP contribution is -2.33. The molecule has 1 aliphatic rings. The van der Waals surface area contributed by atoms with Gasteiger partial charge in [0.1, 0.15) is 0 Å². The highest BCUT2D eigenvalue weighted by Crippen LogP contribution is 2.55. The van der Waals surface area contributed by atoms with Gasteiger partial charge >= 0.3 is 0 Å². The van der Waals surface area contributed by atoms with E-state index in [1.165, 1.54) is 25.7 Å². The highest BCUT2D eigenvalue weighted by Gasteiger charge is 2.47. The molecule has 1 saturated carbocycles. The Bertz CT molecular complexity index is 194. The largest absolute Gasteiger partial charge is 0.0651 e. The van der Waals surface area contributed by atoms with E-state index in [1.54, 1.807) is 0 Å². The number of hydrogen-bond acceptors (Lipinski definition) is 0. The molecule has 1 fully saturated rings. The molecule has 0 spiro atoms. The minimum absolute atomic E-state index is 0.615. The summed E-state index contributed by atoms with van der Waals surface area (Å²) in [7, 11) is 0. The first-order valence-corrected chi connectivity index (χ1v) is 6.97. The molecule has 90 valence electrons. The lowest BCUT2D eigenvalue weighted by Gasteiger charge is -2.41. The summed E-state index contributed by atoms with van der Waals surface area (Å²) >= 11 is 0. The molecule has 0 N–H and O–H groups in total. The highest BCUT2D eigenvalue weighted by atomic mass is 14.5. The molecule has 0 amide bonds. The molecule has 0 aliphatic heterocycles. The SMILES string of the molecule is CCC(C)C1CCC(C(C)C)C1(C)CC. The maximum absolute atomic E-state index is 2.56. The van der Waals surface area contributed by atoms with Crippen LogP contribution in [0.2, 0.25) is 0 Å². The molecule has 0 nitrogen and oxygen atoms in total. The lowest BCUT2D eigenvalue weighted by molar-refractivity contribution is 0.0816. The molecule has 1 aliphatic carbocycles. The molecule has 0 radical (unpaired) electrons. The molecular weight excluding hydrogens is 180 g/mol. The van der Waals surface area contributed by atoms with E-state index in [2.05, 4.69) is 41.5 Å². The van der Waals surface area contributed by atoms with Crippen LogP contribution >= 0.6 is 0 Å². The molecule has 4 atom stereocenters. The fourth-order valence-electron chi connectivity index (χ4n) is 4.13. The first-order chi connectivity index (χ1) is 6.97. The van der Waals surface area contributed by atoms with Crippen LogP contribution in [0.3, 0.4) is 0 Å². The van der Waals surface area contributed by atoms with Crippen molar-refractivity contribution in [2.75, 3.05) is 0 Å². The van der Waals surface area contributed by atoms with Crippen molar-refractivity contribution in [3.8, 4) is 0 Å². The quantitative estimate of drug-likeness (QED) is 0.603. The van der Waals surface area contributed by atoms with Gasteiger partial charge in [-0.3, -0.25) is 0 Å². The minimum atomic E-state index is 0.615. The highest BCUT2D eigenvalue weighted by molar-refractivity contribution is 4.96. The van der Waals surface area contributed by atoms with Crippen molar-refractivity contribution >= 4 is 0 Å². The zero-order chi connectivity index (χ0) is 11.6. The van der Waals surface area contributed by atoms with E-state index in [0.717, 1.165) is 23.7 Å². The maximum atomic E-state index is 2.56. The van der Waals surface area contributed by atoms with Crippen molar-refractivity contribution < 1.29 is 0 Å². The van der Waals surface area contributed by atoms with E-state index in [9.17, 15) is 0 Å². The Balaban J connectivity index is 2.85. The van der Waals surface area contributed by atoms with Crippen LogP contribution in [0.25, 0.3) is 0 Å². The van der Waals surface area contributed by atoms with Gasteiger partial charge < -0.3 is 0 Å². The first-order valence-electron chi connectivity index (χ1n) is 6.97. The standard InChI is InChI=1S/C15H30/c1-7-12(5)14-10-9-13(11(3)4)15(14,6)8-2/h11-14H,7-10H2,1-6H3. The maximum Gasteiger partial charge on any atom is -0.0267 e. The van der Waals surface area contributed by atoms with E-state index < -0.39 is 0 Å². The molecule has 4 unspecified atom stereocenters. The number of rotatable bonds is 4. The van der Waals surface area contributed by atoms with E-state index >= 15 is 0 Å². The number of hydrogen-bond donors (Lipinski definition) is 0. The fraction of sp³-hybridized carbons (Fsp3) is 1.00. The van der Waals surface area contributed by atoms with Crippen LogP contribution in [0, 0.1) is 29.1 Å². The van der Waals surface area contributed by atoms with E-state index in [0.29, 0.717) is 5.41 Å². The van der Waals surface area contributed by atoms with Gasteiger partial charge in [-0.1, -0.05) is 54.4 Å². The van der Waals surface area contributed by atoms with Gasteiger partial charge in [0.25, 0.3) is 0 Å². The van der Waals surface area contributed by atoms with Gasteiger partial charge in [-0.15, -0.1) is 0 Å². The third-order valence-corrected chi connectivity index (χ3v) is 5.38. The van der Waals surface area contributed by atoms with Crippen LogP contribution in [0.1, 0.15) is 67.2 Å². The molecule has 0 aromatic heterocycles. The molecule has 0 aromatic carbocycles. The molecule has 0 bridgehead atoms. The van der Waals surface area contributed by atoms with Crippen LogP contribution in [0.15, 0.2) is 0 Å². The van der Waals surface area contributed by atoms with Crippen molar-refractivity contribution in [3.63, 3.8) is 0 Å². The van der Waals surface area contributed by atoms with Crippen LogP contribution in [-0.2, 0) is 0 Å². The first kappa shape index (κ1) is 13.1. The Kier molecular flexibility index (Phi) is 4.26. The van der Waals surface area contributed by atoms with Crippen molar-refractivity contribution in [3.05, 3.63) is 0 Å². The topological polar surface area (TPSA) is 0 Å². The van der Waals surface area contributed by atoms with Gasteiger partial charge in [-0.25, -0.2) is 0 Å². The Morgan fingerprint density at radius 3 is 2.00 bits per heavy atom. The monoisotopic (exact) mass is 210 g/mol. The van der Waals surface area contributed by atoms with Crippen molar-refractivity contribution in [2.45, 2.75) is 67.2 Å². The van der Waals surface area contributed by atoms with Gasteiger partial charge in [-0.05, 0) is 41.9 Å². The summed E-state index contributed by atoms with van der Waals surface area (Å²) in [6, 6.07) is 0. The molecule has 0 saturated heterocycles. The van der Waals surface area contributed by atoms with Crippen LogP contribution in [-0.4, -0.2) is 0 Å². The Labute approximate surface area is 96.8 Å². The van der Waals surface area contributed by atoms with Gasteiger partial charge in [0.15, 0.2) is 0 Å². The summed E-state index contributed by atoms with van der Waals surface area (Å²) in [4.78, 5) is 0. The van der Waals surface area contributed by atoms with Crippen LogP contribution in [0.4, 0.5) is 0 Å². The molecule has 0 heterocycles. The average Bonchev–Trinajstić information content (AvgIpc) is 2.55. The average molecular weight is 210 g/mol. The lowest BCUT2D eigenvalue weighted by atomic mass is 9.64. The molecular formula is C15H30. The molecule has 1 rings (SSSR count). The van der Waals surface area contributed by atoms with Crippen molar-refractivity contribution in [2.24, 2.45) is 29.1 Å². The van der Waals surface area contributed by atoms with Crippen molar-refractivity contribution in [1.82, 2.24) is 0 Å². The zero-order valence-corrected chi connectivity index (χ0v) is 11.6. The van der Waals surface area contributed by atoms with Crippen LogP contribution < -0.4 is 0 Å². The smallest absolute Gasteiger partial charge is 0.0267 e. The predicted molar refractivity (Wildman–Crippen MR) is 68.9 cm³/mol. The second-order valence-electron chi connectivity index (χ2n) is 6.28. The summed E-state index contributed by atoms with van der Waals surface area (Å²) in [5, 5.41) is 0. The molecule has 15 heavy (non-hydrogen) atoms.